The average molecular weight is 497 g/mol. The monoisotopic (exact) mass is 496 g/mol. The van der Waals surface area contributed by atoms with Gasteiger partial charge in [0.05, 0.1) is 11.4 Å². The van der Waals surface area contributed by atoms with Gasteiger partial charge in [-0.2, -0.15) is 5.10 Å². The summed E-state index contributed by atoms with van der Waals surface area (Å²) in [5.41, 5.74) is 7.54. The first-order chi connectivity index (χ1) is 18.0. The van der Waals surface area contributed by atoms with Crippen LogP contribution in [0.1, 0.15) is 12.0 Å². The summed E-state index contributed by atoms with van der Waals surface area (Å²) < 4.78 is 20.4. The second kappa shape index (κ2) is 9.80. The molecule has 37 heavy (non-hydrogen) atoms. The molecule has 3 N–H and O–H groups in total. The Morgan fingerprint density at radius 2 is 1.97 bits per heavy atom. The van der Waals surface area contributed by atoms with Crippen LogP contribution in [0.5, 0.6) is 5.75 Å². The number of rotatable bonds is 7. The SMILES string of the molecule is CN(C)CCOc1cc(F)cc(-c2cccc3[nH]c(-c4[nH]nc5ncc(C6=CCNCC6)cc45)cc23)c1. The van der Waals surface area contributed by atoms with Crippen molar-refractivity contribution in [2.75, 3.05) is 40.3 Å². The molecule has 0 spiro atoms. The predicted octanol–water partition coefficient (Wildman–Crippen LogP) is 5.23. The molecule has 0 fully saturated rings. The van der Waals surface area contributed by atoms with Crippen LogP contribution in [0.4, 0.5) is 4.39 Å². The summed E-state index contributed by atoms with van der Waals surface area (Å²) in [5.74, 6) is 0.200. The van der Waals surface area contributed by atoms with Gasteiger partial charge in [-0.25, -0.2) is 9.37 Å². The zero-order valence-corrected chi connectivity index (χ0v) is 20.9. The standard InChI is InChI=1S/C29H29FN6O/c1-36(2)10-11-37-22-13-19(12-21(30)15-22)23-4-3-5-26-24(23)16-27(33-26)28-25-14-20(17-32-29(25)35-34-28)18-6-8-31-9-7-18/h3-6,12-17,31,33H,7-11H2,1-2H3,(H,32,34,35). The van der Waals surface area contributed by atoms with Crippen molar-refractivity contribution in [3.63, 3.8) is 0 Å². The smallest absolute Gasteiger partial charge is 0.181 e. The van der Waals surface area contributed by atoms with Crippen LogP contribution in [-0.2, 0) is 0 Å². The number of hydrogen-bond donors (Lipinski definition) is 3. The lowest BCUT2D eigenvalue weighted by Gasteiger charge is -2.13. The Kier molecular flexibility index (Phi) is 6.20. The number of H-pyrrole nitrogens is 2. The van der Waals surface area contributed by atoms with Gasteiger partial charge in [0, 0.05) is 41.6 Å². The Morgan fingerprint density at radius 3 is 2.81 bits per heavy atom. The molecule has 0 unspecified atom stereocenters. The summed E-state index contributed by atoms with van der Waals surface area (Å²) in [5, 5.41) is 12.9. The minimum atomic E-state index is -0.324. The van der Waals surface area contributed by atoms with Crippen molar-refractivity contribution in [3.8, 4) is 28.3 Å². The molecule has 0 bridgehead atoms. The lowest BCUT2D eigenvalue weighted by molar-refractivity contribution is 0.260. The highest BCUT2D eigenvalue weighted by Gasteiger charge is 2.16. The Bertz CT molecular complexity index is 1620. The summed E-state index contributed by atoms with van der Waals surface area (Å²) in [6, 6.07) is 15.1. The number of halogens is 1. The molecule has 8 heteroatoms. The molecule has 0 aliphatic carbocycles. The fourth-order valence-corrected chi connectivity index (χ4v) is 4.85. The molecule has 6 rings (SSSR count). The van der Waals surface area contributed by atoms with Gasteiger partial charge in [-0.3, -0.25) is 5.10 Å². The molecular formula is C29H29FN6O. The van der Waals surface area contributed by atoms with Gasteiger partial charge >= 0.3 is 0 Å². The number of benzene rings is 2. The molecule has 5 aromatic rings. The number of nitrogens with one attached hydrogen (secondary N) is 3. The van der Waals surface area contributed by atoms with E-state index >= 15 is 0 Å². The van der Waals surface area contributed by atoms with E-state index in [-0.39, 0.29) is 5.82 Å². The maximum Gasteiger partial charge on any atom is 0.181 e. The van der Waals surface area contributed by atoms with Crippen molar-refractivity contribution in [1.29, 1.82) is 0 Å². The number of aromatic amines is 2. The van der Waals surface area contributed by atoms with Crippen LogP contribution in [0.2, 0.25) is 0 Å². The third kappa shape index (κ3) is 4.73. The molecule has 0 radical (unpaired) electrons. The van der Waals surface area contributed by atoms with E-state index in [4.69, 9.17) is 4.74 Å². The number of nitrogens with zero attached hydrogens (tertiary/aromatic N) is 3. The maximum absolute atomic E-state index is 14.6. The molecular weight excluding hydrogens is 467 g/mol. The van der Waals surface area contributed by atoms with E-state index in [1.807, 2.05) is 49.5 Å². The van der Waals surface area contributed by atoms with Crippen LogP contribution in [0, 0.1) is 5.82 Å². The van der Waals surface area contributed by atoms with Crippen molar-refractivity contribution in [2.24, 2.45) is 0 Å². The van der Waals surface area contributed by atoms with Crippen LogP contribution in [0.3, 0.4) is 0 Å². The second-order valence-corrected chi connectivity index (χ2v) is 9.65. The molecule has 7 nitrogen and oxygen atoms in total. The Hall–Kier alpha value is -4.01. The summed E-state index contributed by atoms with van der Waals surface area (Å²) in [6.45, 7) is 3.09. The molecule has 4 heterocycles. The summed E-state index contributed by atoms with van der Waals surface area (Å²) >= 11 is 0. The summed E-state index contributed by atoms with van der Waals surface area (Å²) in [7, 11) is 3.96. The number of likely N-dealkylation sites (N-methyl/N-ethyl adjacent to an activating group) is 1. The molecule has 1 aliphatic heterocycles. The first-order valence-corrected chi connectivity index (χ1v) is 12.5. The van der Waals surface area contributed by atoms with Crippen LogP contribution in [-0.4, -0.2) is 65.4 Å². The van der Waals surface area contributed by atoms with Crippen molar-refractivity contribution < 1.29 is 9.13 Å². The van der Waals surface area contributed by atoms with E-state index in [0.717, 1.165) is 70.4 Å². The second-order valence-electron chi connectivity index (χ2n) is 9.65. The Balaban J connectivity index is 1.39. The van der Waals surface area contributed by atoms with Crippen molar-refractivity contribution in [3.05, 3.63) is 72.2 Å². The third-order valence-electron chi connectivity index (χ3n) is 6.77. The van der Waals surface area contributed by atoms with Gasteiger partial charge in [0.25, 0.3) is 0 Å². The summed E-state index contributed by atoms with van der Waals surface area (Å²) in [4.78, 5) is 10.2. The van der Waals surface area contributed by atoms with E-state index < -0.39 is 0 Å². The molecule has 188 valence electrons. The molecule has 0 atom stereocenters. The van der Waals surface area contributed by atoms with E-state index in [0.29, 0.717) is 18.0 Å². The van der Waals surface area contributed by atoms with E-state index in [1.54, 1.807) is 6.07 Å². The minimum Gasteiger partial charge on any atom is -0.492 e. The van der Waals surface area contributed by atoms with Crippen molar-refractivity contribution in [2.45, 2.75) is 6.42 Å². The van der Waals surface area contributed by atoms with Crippen LogP contribution in [0.25, 0.3) is 50.0 Å². The summed E-state index contributed by atoms with van der Waals surface area (Å²) in [6.07, 6.45) is 5.10. The van der Waals surface area contributed by atoms with Crippen LogP contribution < -0.4 is 10.1 Å². The van der Waals surface area contributed by atoms with Gasteiger partial charge in [0.2, 0.25) is 0 Å². The molecule has 0 saturated carbocycles. The molecule has 0 amide bonds. The quantitative estimate of drug-likeness (QED) is 0.288. The fraction of sp³-hybridized carbons (Fsp3) is 0.241. The zero-order valence-electron chi connectivity index (χ0n) is 20.9. The Labute approximate surface area is 214 Å². The number of fused-ring (bicyclic) bond motifs is 2. The first-order valence-electron chi connectivity index (χ1n) is 12.5. The molecule has 0 saturated heterocycles. The van der Waals surface area contributed by atoms with Gasteiger partial charge in [0.1, 0.15) is 18.2 Å². The van der Waals surface area contributed by atoms with Crippen LogP contribution >= 0.6 is 0 Å². The zero-order chi connectivity index (χ0) is 25.4. The normalized spacial score (nSPS) is 14.0. The fourth-order valence-electron chi connectivity index (χ4n) is 4.85. The van der Waals surface area contributed by atoms with E-state index in [2.05, 4.69) is 43.7 Å². The van der Waals surface area contributed by atoms with Gasteiger partial charge in [-0.15, -0.1) is 0 Å². The number of ether oxygens (including phenoxy) is 1. The van der Waals surface area contributed by atoms with Gasteiger partial charge in [0.15, 0.2) is 5.65 Å². The van der Waals surface area contributed by atoms with Gasteiger partial charge in [-0.05, 0) is 79.7 Å². The average Bonchev–Trinajstić information content (AvgIpc) is 3.52. The van der Waals surface area contributed by atoms with Crippen molar-refractivity contribution >= 4 is 27.5 Å². The maximum atomic E-state index is 14.6. The van der Waals surface area contributed by atoms with Gasteiger partial charge < -0.3 is 19.9 Å². The highest BCUT2D eigenvalue weighted by atomic mass is 19.1. The third-order valence-corrected chi connectivity index (χ3v) is 6.77. The number of hydrogen-bond acceptors (Lipinski definition) is 5. The lowest BCUT2D eigenvalue weighted by Crippen LogP contribution is -2.20. The highest BCUT2D eigenvalue weighted by Crippen LogP contribution is 2.36. The topological polar surface area (TPSA) is 81.9 Å². The minimum absolute atomic E-state index is 0.324. The highest BCUT2D eigenvalue weighted by molar-refractivity contribution is 6.01. The molecule has 3 aromatic heterocycles. The molecule has 1 aliphatic rings. The van der Waals surface area contributed by atoms with E-state index in [9.17, 15) is 4.39 Å². The first kappa shape index (κ1) is 23.4. The lowest BCUT2D eigenvalue weighted by atomic mass is 10.00. The van der Waals surface area contributed by atoms with Gasteiger partial charge in [-0.1, -0.05) is 18.2 Å². The Morgan fingerprint density at radius 1 is 1.05 bits per heavy atom. The predicted molar refractivity (Wildman–Crippen MR) is 146 cm³/mol. The van der Waals surface area contributed by atoms with Crippen LogP contribution in [0.15, 0.2) is 60.8 Å². The molecule has 2 aromatic carbocycles. The van der Waals surface area contributed by atoms with Crippen molar-refractivity contribution in [1.82, 2.24) is 30.4 Å². The number of aromatic nitrogens is 4. The largest absolute Gasteiger partial charge is 0.492 e. The van der Waals surface area contributed by atoms with E-state index in [1.165, 1.54) is 11.6 Å². The number of pyridine rings is 1.